The zero-order chi connectivity index (χ0) is 15.7. The van der Waals surface area contributed by atoms with Crippen LogP contribution >= 0.6 is 11.8 Å². The molecule has 0 bridgehead atoms. The van der Waals surface area contributed by atoms with E-state index in [2.05, 4.69) is 32.3 Å². The Morgan fingerprint density at radius 3 is 2.38 bits per heavy atom. The number of aliphatic hydroxyl groups is 1. The summed E-state index contributed by atoms with van der Waals surface area (Å²) >= 11 is 1.86. The first-order valence-corrected chi connectivity index (χ1v) is 9.39. The normalized spacial score (nSPS) is 41.4. The quantitative estimate of drug-likeness (QED) is 0.717. The van der Waals surface area contributed by atoms with Gasteiger partial charge in [-0.3, -0.25) is 0 Å². The van der Waals surface area contributed by atoms with E-state index in [-0.39, 0.29) is 23.7 Å². The van der Waals surface area contributed by atoms with Crippen molar-refractivity contribution < 1.29 is 14.6 Å². The number of hydrogen-bond acceptors (Lipinski definition) is 5. The summed E-state index contributed by atoms with van der Waals surface area (Å²) in [4.78, 5) is 0. The van der Waals surface area contributed by atoms with Crippen molar-refractivity contribution in [3.63, 3.8) is 0 Å². The van der Waals surface area contributed by atoms with Gasteiger partial charge in [0, 0.05) is 29.9 Å². The van der Waals surface area contributed by atoms with Gasteiger partial charge in [0.25, 0.3) is 0 Å². The molecule has 2 aliphatic carbocycles. The van der Waals surface area contributed by atoms with Crippen LogP contribution in [0.15, 0.2) is 0 Å². The fourth-order valence-electron chi connectivity index (χ4n) is 3.81. The molecule has 2 rings (SSSR count). The first kappa shape index (κ1) is 17.5. The van der Waals surface area contributed by atoms with Crippen LogP contribution in [0.2, 0.25) is 0 Å². The van der Waals surface area contributed by atoms with E-state index in [0.717, 1.165) is 26.1 Å². The van der Waals surface area contributed by atoms with Gasteiger partial charge in [0.2, 0.25) is 0 Å². The molecule has 0 aromatic heterocycles. The van der Waals surface area contributed by atoms with Crippen molar-refractivity contribution in [2.45, 2.75) is 69.6 Å². The highest BCUT2D eigenvalue weighted by molar-refractivity contribution is 7.99. The SMILES string of the molecule is CCO[C@H]1C[C@@](CO)(N[C@H]2C[C@@H](OCC)[C@@H]2SC)C1(C)C. The Kier molecular flexibility index (Phi) is 5.64. The molecular formula is C16H31NO3S. The van der Waals surface area contributed by atoms with Crippen molar-refractivity contribution in [1.29, 1.82) is 0 Å². The van der Waals surface area contributed by atoms with Crippen LogP contribution in [-0.2, 0) is 9.47 Å². The molecule has 0 spiro atoms. The van der Waals surface area contributed by atoms with Gasteiger partial charge in [-0.15, -0.1) is 0 Å². The van der Waals surface area contributed by atoms with E-state index in [1.165, 1.54) is 0 Å². The van der Waals surface area contributed by atoms with Gasteiger partial charge in [-0.25, -0.2) is 0 Å². The molecule has 0 amide bonds. The van der Waals surface area contributed by atoms with Crippen molar-refractivity contribution in [3.8, 4) is 0 Å². The highest BCUT2D eigenvalue weighted by Gasteiger charge is 2.62. The number of thioether (sulfide) groups is 1. The van der Waals surface area contributed by atoms with E-state index in [1.807, 2.05) is 18.7 Å². The maximum Gasteiger partial charge on any atom is 0.0723 e. The third-order valence-corrected chi connectivity index (χ3v) is 6.75. The van der Waals surface area contributed by atoms with Crippen LogP contribution in [0.4, 0.5) is 0 Å². The smallest absolute Gasteiger partial charge is 0.0723 e. The van der Waals surface area contributed by atoms with Crippen molar-refractivity contribution >= 4 is 11.8 Å². The minimum Gasteiger partial charge on any atom is -0.394 e. The standard InChI is InChI=1S/C16H31NO3S/c1-6-19-12-8-11(14(12)21-5)17-16(10-18)9-13(20-7-2)15(16,3)4/h11-14,17-18H,6-10H2,1-5H3/t11-,12+,13-,14+,16-/m0/s1. The average molecular weight is 317 g/mol. The Morgan fingerprint density at radius 2 is 1.90 bits per heavy atom. The molecule has 0 unspecified atom stereocenters. The van der Waals surface area contributed by atoms with Crippen LogP contribution in [0.3, 0.4) is 0 Å². The Labute approximate surface area is 133 Å². The Morgan fingerprint density at radius 1 is 1.24 bits per heavy atom. The van der Waals surface area contributed by atoms with Gasteiger partial charge in [-0.05, 0) is 32.9 Å². The van der Waals surface area contributed by atoms with E-state index in [1.54, 1.807) is 0 Å². The van der Waals surface area contributed by atoms with Crippen molar-refractivity contribution in [3.05, 3.63) is 0 Å². The van der Waals surface area contributed by atoms with Gasteiger partial charge in [0.1, 0.15) is 0 Å². The number of nitrogens with one attached hydrogen (secondary N) is 1. The van der Waals surface area contributed by atoms with Gasteiger partial charge >= 0.3 is 0 Å². The largest absolute Gasteiger partial charge is 0.394 e. The molecule has 0 aliphatic heterocycles. The zero-order valence-corrected chi connectivity index (χ0v) is 14.8. The van der Waals surface area contributed by atoms with Crippen LogP contribution in [0.5, 0.6) is 0 Å². The predicted octanol–water partition coefficient (Wildman–Crippen LogP) is 2.05. The van der Waals surface area contributed by atoms with Crippen LogP contribution in [0.1, 0.15) is 40.5 Å². The molecular weight excluding hydrogens is 286 g/mol. The summed E-state index contributed by atoms with van der Waals surface area (Å²) in [5.41, 5.74) is -0.264. The number of aliphatic hydroxyl groups excluding tert-OH is 1. The lowest BCUT2D eigenvalue weighted by Crippen LogP contribution is -2.77. The molecule has 0 aromatic carbocycles. The molecule has 2 aliphatic rings. The minimum absolute atomic E-state index is 0.0442. The van der Waals surface area contributed by atoms with E-state index >= 15 is 0 Å². The lowest BCUT2D eigenvalue weighted by molar-refractivity contribution is -0.185. The van der Waals surface area contributed by atoms with E-state index < -0.39 is 0 Å². The second-order valence-corrected chi connectivity index (χ2v) is 7.81. The Balaban J connectivity index is 1.98. The number of hydrogen-bond donors (Lipinski definition) is 2. The molecule has 0 heterocycles. The van der Waals surface area contributed by atoms with E-state index in [0.29, 0.717) is 17.4 Å². The van der Waals surface area contributed by atoms with Crippen LogP contribution in [-0.4, -0.2) is 60.2 Å². The van der Waals surface area contributed by atoms with E-state index in [9.17, 15) is 5.11 Å². The second kappa shape index (κ2) is 6.75. The summed E-state index contributed by atoms with van der Waals surface area (Å²) in [7, 11) is 0. The Hall–Kier alpha value is 0.190. The number of rotatable bonds is 8. The third-order valence-electron chi connectivity index (χ3n) is 5.57. The van der Waals surface area contributed by atoms with Crippen LogP contribution in [0.25, 0.3) is 0 Å². The van der Waals surface area contributed by atoms with Gasteiger partial charge in [0.15, 0.2) is 0 Å². The van der Waals surface area contributed by atoms with Gasteiger partial charge in [0.05, 0.1) is 24.4 Å². The average Bonchev–Trinajstić information content (AvgIpc) is 2.44. The molecule has 2 saturated carbocycles. The minimum atomic E-state index is -0.220. The summed E-state index contributed by atoms with van der Waals surface area (Å²) in [5, 5.41) is 14.2. The number of ether oxygens (including phenoxy) is 2. The maximum absolute atomic E-state index is 10.00. The molecule has 5 atom stereocenters. The summed E-state index contributed by atoms with van der Waals surface area (Å²) in [6.45, 7) is 10.2. The molecule has 0 saturated heterocycles. The highest BCUT2D eigenvalue weighted by Crippen LogP contribution is 2.52. The topological polar surface area (TPSA) is 50.7 Å². The molecule has 21 heavy (non-hydrogen) atoms. The summed E-state index contributed by atoms with van der Waals surface area (Å²) < 4.78 is 11.6. The predicted molar refractivity (Wildman–Crippen MR) is 87.9 cm³/mol. The maximum atomic E-state index is 10.00. The molecule has 124 valence electrons. The summed E-state index contributed by atoms with van der Waals surface area (Å²) in [6.07, 6.45) is 4.66. The van der Waals surface area contributed by atoms with Gasteiger partial charge in [-0.2, -0.15) is 11.8 Å². The lowest BCUT2D eigenvalue weighted by Gasteiger charge is -2.63. The zero-order valence-electron chi connectivity index (χ0n) is 14.0. The summed E-state index contributed by atoms with van der Waals surface area (Å²) in [6, 6.07) is 0.422. The molecule has 4 nitrogen and oxygen atoms in total. The van der Waals surface area contributed by atoms with Gasteiger partial charge in [-0.1, -0.05) is 13.8 Å². The molecule has 0 radical (unpaired) electrons. The molecule has 5 heteroatoms. The molecule has 2 fully saturated rings. The second-order valence-electron chi connectivity index (χ2n) is 6.79. The molecule has 2 N–H and O–H groups in total. The van der Waals surface area contributed by atoms with E-state index in [4.69, 9.17) is 9.47 Å². The van der Waals surface area contributed by atoms with Crippen LogP contribution in [0, 0.1) is 5.41 Å². The summed E-state index contributed by atoms with van der Waals surface area (Å²) in [5.74, 6) is 0. The molecule has 0 aromatic rings. The third kappa shape index (κ3) is 2.88. The first-order valence-electron chi connectivity index (χ1n) is 8.10. The highest BCUT2D eigenvalue weighted by atomic mass is 32.2. The van der Waals surface area contributed by atoms with Crippen molar-refractivity contribution in [1.82, 2.24) is 5.32 Å². The van der Waals surface area contributed by atoms with Gasteiger partial charge < -0.3 is 19.9 Å². The van der Waals surface area contributed by atoms with Crippen molar-refractivity contribution in [2.24, 2.45) is 5.41 Å². The first-order chi connectivity index (χ1) is 9.95. The lowest BCUT2D eigenvalue weighted by atomic mass is 9.54. The Bertz CT molecular complexity index is 352. The fraction of sp³-hybridized carbons (Fsp3) is 1.00. The fourth-order valence-corrected chi connectivity index (χ4v) is 4.81. The van der Waals surface area contributed by atoms with Crippen LogP contribution < -0.4 is 5.32 Å². The van der Waals surface area contributed by atoms with Crippen molar-refractivity contribution in [2.75, 3.05) is 26.1 Å². The monoisotopic (exact) mass is 317 g/mol.